The molecule has 5 heteroatoms. The van der Waals surface area contributed by atoms with Crippen LogP contribution >= 0.6 is 0 Å². The van der Waals surface area contributed by atoms with Crippen molar-refractivity contribution in [1.82, 2.24) is 0 Å². The summed E-state index contributed by atoms with van der Waals surface area (Å²) >= 11 is 0. The Morgan fingerprint density at radius 2 is 1.60 bits per heavy atom. The topological polar surface area (TPSA) is 55.8 Å². The Morgan fingerprint density at radius 3 is 2.05 bits per heavy atom. The van der Waals surface area contributed by atoms with Crippen LogP contribution in [-0.2, 0) is 14.1 Å². The van der Waals surface area contributed by atoms with E-state index in [2.05, 4.69) is 0 Å². The summed E-state index contributed by atoms with van der Waals surface area (Å²) in [5.41, 5.74) is 0.776. The van der Waals surface area contributed by atoms with Crippen LogP contribution in [-0.4, -0.2) is 29.4 Å². The van der Waals surface area contributed by atoms with Crippen LogP contribution in [0.2, 0.25) is 6.32 Å². The SMILES string of the molecule is CC1(C)OB(CC(C(=O)O)=C2CCCCC2)OC1(C)C. The zero-order valence-corrected chi connectivity index (χ0v) is 13.0. The fourth-order valence-electron chi connectivity index (χ4n) is 2.88. The lowest BCUT2D eigenvalue weighted by atomic mass is 9.76. The first-order chi connectivity index (χ1) is 9.23. The van der Waals surface area contributed by atoms with Gasteiger partial charge >= 0.3 is 13.1 Å². The quantitative estimate of drug-likeness (QED) is 0.635. The Kier molecular flexibility index (Phi) is 4.31. The summed E-state index contributed by atoms with van der Waals surface area (Å²) in [5, 5.41) is 9.48. The second-order valence-electron chi connectivity index (χ2n) is 6.84. The molecule has 0 radical (unpaired) electrons. The molecule has 1 aliphatic carbocycles. The molecule has 0 aromatic carbocycles. The number of carboxylic acids is 1. The molecule has 112 valence electrons. The van der Waals surface area contributed by atoms with Gasteiger partial charge in [-0.3, -0.25) is 0 Å². The summed E-state index contributed by atoms with van der Waals surface area (Å²) in [6.07, 6.45) is 5.54. The van der Waals surface area contributed by atoms with Gasteiger partial charge in [0.1, 0.15) is 0 Å². The lowest BCUT2D eigenvalue weighted by molar-refractivity contribution is -0.132. The van der Waals surface area contributed by atoms with E-state index in [1.54, 1.807) is 0 Å². The number of hydrogen-bond donors (Lipinski definition) is 1. The fourth-order valence-corrected chi connectivity index (χ4v) is 2.88. The molecule has 1 N–H and O–H groups in total. The lowest BCUT2D eigenvalue weighted by Gasteiger charge is -2.32. The summed E-state index contributed by atoms with van der Waals surface area (Å²) in [6.45, 7) is 7.95. The highest BCUT2D eigenvalue weighted by molar-refractivity contribution is 6.47. The second-order valence-corrected chi connectivity index (χ2v) is 6.84. The average Bonchev–Trinajstić information content (AvgIpc) is 2.55. The largest absolute Gasteiger partial charge is 0.478 e. The maximum atomic E-state index is 11.5. The summed E-state index contributed by atoms with van der Waals surface area (Å²) in [6, 6.07) is 0. The molecule has 0 aromatic rings. The molecule has 1 saturated heterocycles. The molecule has 0 bridgehead atoms. The molecule has 0 atom stereocenters. The number of allylic oxidation sites excluding steroid dienone is 1. The van der Waals surface area contributed by atoms with Crippen LogP contribution in [0.15, 0.2) is 11.1 Å². The molecule has 2 fully saturated rings. The third-order valence-electron chi connectivity index (χ3n) is 4.81. The molecule has 0 amide bonds. The number of hydrogen-bond acceptors (Lipinski definition) is 3. The molecule has 2 rings (SSSR count). The van der Waals surface area contributed by atoms with E-state index < -0.39 is 24.3 Å². The monoisotopic (exact) mass is 280 g/mol. The van der Waals surface area contributed by atoms with Crippen LogP contribution < -0.4 is 0 Å². The smallest absolute Gasteiger partial charge is 0.462 e. The molecule has 0 unspecified atom stereocenters. The average molecular weight is 280 g/mol. The van der Waals surface area contributed by atoms with Gasteiger partial charge in [-0.2, -0.15) is 0 Å². The Bertz CT molecular complexity index is 402. The number of carbonyl (C=O) groups is 1. The minimum Gasteiger partial charge on any atom is -0.478 e. The van der Waals surface area contributed by atoms with Gasteiger partial charge < -0.3 is 14.4 Å². The molecule has 1 saturated carbocycles. The maximum Gasteiger partial charge on any atom is 0.462 e. The van der Waals surface area contributed by atoms with Crippen LogP contribution in [0.3, 0.4) is 0 Å². The normalized spacial score (nSPS) is 24.8. The highest BCUT2D eigenvalue weighted by atomic mass is 16.7. The first-order valence-electron chi connectivity index (χ1n) is 7.53. The number of aliphatic carboxylic acids is 1. The first kappa shape index (κ1) is 15.6. The molecular formula is C15H25BO4. The minimum absolute atomic E-state index is 0.345. The third kappa shape index (κ3) is 3.09. The van der Waals surface area contributed by atoms with E-state index in [0.717, 1.165) is 31.3 Å². The van der Waals surface area contributed by atoms with E-state index in [4.69, 9.17) is 9.31 Å². The van der Waals surface area contributed by atoms with Crippen molar-refractivity contribution in [2.24, 2.45) is 0 Å². The number of carboxylic acid groups (broad SMARTS) is 1. The van der Waals surface area contributed by atoms with Gasteiger partial charge in [0.05, 0.1) is 11.2 Å². The van der Waals surface area contributed by atoms with Crippen molar-refractivity contribution < 1.29 is 19.2 Å². The van der Waals surface area contributed by atoms with Crippen molar-refractivity contribution in [3.8, 4) is 0 Å². The van der Waals surface area contributed by atoms with Gasteiger partial charge in [-0.15, -0.1) is 0 Å². The van der Waals surface area contributed by atoms with E-state index in [-0.39, 0.29) is 0 Å². The maximum absolute atomic E-state index is 11.5. The van der Waals surface area contributed by atoms with E-state index in [1.807, 2.05) is 27.7 Å². The molecule has 20 heavy (non-hydrogen) atoms. The van der Waals surface area contributed by atoms with Gasteiger partial charge in [0, 0.05) is 11.9 Å². The Labute approximate surface area is 121 Å². The molecule has 1 heterocycles. The summed E-state index contributed by atoms with van der Waals surface area (Å²) in [7, 11) is -0.458. The predicted octanol–water partition coefficient (Wildman–Crippen LogP) is 3.42. The van der Waals surface area contributed by atoms with E-state index >= 15 is 0 Å². The van der Waals surface area contributed by atoms with Gasteiger partial charge in [-0.25, -0.2) is 4.79 Å². The van der Waals surface area contributed by atoms with Crippen molar-refractivity contribution in [3.05, 3.63) is 11.1 Å². The summed E-state index contributed by atoms with van der Waals surface area (Å²) in [4.78, 5) is 11.5. The summed E-state index contributed by atoms with van der Waals surface area (Å²) < 4.78 is 11.8. The van der Waals surface area contributed by atoms with Gasteiger partial charge in [0.25, 0.3) is 0 Å². The van der Waals surface area contributed by atoms with Crippen molar-refractivity contribution in [2.75, 3.05) is 0 Å². The number of rotatable bonds is 3. The van der Waals surface area contributed by atoms with Crippen molar-refractivity contribution in [3.63, 3.8) is 0 Å². The zero-order chi connectivity index (χ0) is 15.0. The van der Waals surface area contributed by atoms with Crippen molar-refractivity contribution >= 4 is 13.1 Å². The Morgan fingerprint density at radius 1 is 1.10 bits per heavy atom. The highest BCUT2D eigenvalue weighted by Crippen LogP contribution is 2.39. The van der Waals surface area contributed by atoms with E-state index in [1.165, 1.54) is 6.42 Å². The van der Waals surface area contributed by atoms with E-state index in [9.17, 15) is 9.90 Å². The van der Waals surface area contributed by atoms with Crippen LogP contribution in [0.25, 0.3) is 0 Å². The minimum atomic E-state index is -0.823. The van der Waals surface area contributed by atoms with Crippen LogP contribution in [0.1, 0.15) is 59.8 Å². The molecule has 0 aromatic heterocycles. The Balaban J connectivity index is 2.13. The second kappa shape index (κ2) is 5.53. The van der Waals surface area contributed by atoms with Gasteiger partial charge in [0.15, 0.2) is 0 Å². The van der Waals surface area contributed by atoms with Crippen LogP contribution in [0, 0.1) is 0 Å². The molecule has 2 aliphatic rings. The van der Waals surface area contributed by atoms with E-state index in [0.29, 0.717) is 11.9 Å². The molecule has 1 aliphatic heterocycles. The van der Waals surface area contributed by atoms with Gasteiger partial charge in [-0.05, 0) is 53.4 Å². The first-order valence-corrected chi connectivity index (χ1v) is 7.53. The standard InChI is InChI=1S/C15H25BO4/c1-14(2)15(3,4)20-16(19-14)10-12(13(17)18)11-8-6-5-7-9-11/h5-10H2,1-4H3,(H,17,18). The predicted molar refractivity (Wildman–Crippen MR) is 78.6 cm³/mol. The van der Waals surface area contributed by atoms with Crippen molar-refractivity contribution in [2.45, 2.75) is 77.3 Å². The molecule has 0 spiro atoms. The highest BCUT2D eigenvalue weighted by Gasteiger charge is 2.51. The van der Waals surface area contributed by atoms with Crippen molar-refractivity contribution in [1.29, 1.82) is 0 Å². The lowest BCUT2D eigenvalue weighted by Crippen LogP contribution is -2.41. The zero-order valence-electron chi connectivity index (χ0n) is 13.0. The van der Waals surface area contributed by atoms with Crippen LogP contribution in [0.4, 0.5) is 0 Å². The van der Waals surface area contributed by atoms with Gasteiger partial charge in [-0.1, -0.05) is 12.0 Å². The molecule has 4 nitrogen and oxygen atoms in total. The van der Waals surface area contributed by atoms with Gasteiger partial charge in [0.2, 0.25) is 0 Å². The molecular weight excluding hydrogens is 255 g/mol. The fraction of sp³-hybridized carbons (Fsp3) is 0.800. The Hall–Kier alpha value is -0.805. The van der Waals surface area contributed by atoms with Crippen LogP contribution in [0.5, 0.6) is 0 Å². The third-order valence-corrected chi connectivity index (χ3v) is 4.81. The summed E-state index contributed by atoms with van der Waals surface area (Å²) in [5.74, 6) is -0.823.